The zero-order valence-electron chi connectivity index (χ0n) is 24.7. The number of hydrogen-bond donors (Lipinski definition) is 6. The average molecular weight is 601 g/mol. The van der Waals surface area contributed by atoms with Crippen molar-refractivity contribution in [3.8, 4) is 0 Å². The van der Waals surface area contributed by atoms with E-state index >= 15 is 0 Å². The number of nitrogens with two attached hydrogens (primary N) is 1. The molecule has 6 rings (SSSR count). The summed E-state index contributed by atoms with van der Waals surface area (Å²) in [4.78, 5) is 26.8. The molecular formula is C32H40N8O4. The molecule has 1 aliphatic carbocycles. The van der Waals surface area contributed by atoms with Crippen LogP contribution in [0.3, 0.4) is 0 Å². The summed E-state index contributed by atoms with van der Waals surface area (Å²) in [5.74, 6) is 0.475. The number of ether oxygens (including phenoxy) is 1. The highest BCUT2D eigenvalue weighted by Gasteiger charge is 2.47. The molecule has 0 spiro atoms. The van der Waals surface area contributed by atoms with Gasteiger partial charge in [0.15, 0.2) is 29.3 Å². The highest BCUT2D eigenvalue weighted by Crippen LogP contribution is 2.34. The first kappa shape index (κ1) is 29.9. The van der Waals surface area contributed by atoms with Gasteiger partial charge in [-0.2, -0.15) is 9.97 Å². The molecule has 1 amide bonds. The second-order valence-electron chi connectivity index (χ2n) is 11.6. The third kappa shape index (κ3) is 6.25. The minimum absolute atomic E-state index is 0.0358. The smallest absolute Gasteiger partial charge is 0.252 e. The molecule has 232 valence electrons. The Labute approximate surface area is 256 Å². The molecule has 1 saturated heterocycles. The number of aliphatic hydroxyl groups is 2. The van der Waals surface area contributed by atoms with E-state index in [1.54, 1.807) is 11.5 Å². The fourth-order valence-corrected chi connectivity index (χ4v) is 6.12. The van der Waals surface area contributed by atoms with Gasteiger partial charge in [0.1, 0.15) is 12.2 Å². The summed E-state index contributed by atoms with van der Waals surface area (Å²) in [6.45, 7) is 2.68. The quantitative estimate of drug-likeness (QED) is 0.159. The van der Waals surface area contributed by atoms with Crippen LogP contribution in [-0.2, 0) is 9.53 Å². The van der Waals surface area contributed by atoms with Gasteiger partial charge in [0.2, 0.25) is 5.95 Å². The van der Waals surface area contributed by atoms with Gasteiger partial charge in [0, 0.05) is 31.1 Å². The number of benzene rings is 2. The van der Waals surface area contributed by atoms with Gasteiger partial charge in [0.05, 0.1) is 6.33 Å². The summed E-state index contributed by atoms with van der Waals surface area (Å²) in [6.07, 6.45) is 0.0494. The summed E-state index contributed by atoms with van der Waals surface area (Å²) in [6, 6.07) is 20.9. The van der Waals surface area contributed by atoms with E-state index in [0.717, 1.165) is 36.8 Å². The number of nitrogens with zero attached hydrogens (tertiary/aromatic N) is 4. The Morgan fingerprint density at radius 3 is 2.30 bits per heavy atom. The zero-order chi connectivity index (χ0) is 30.6. The monoisotopic (exact) mass is 600 g/mol. The molecule has 4 atom stereocenters. The predicted molar refractivity (Wildman–Crippen MR) is 167 cm³/mol. The van der Waals surface area contributed by atoms with Crippen molar-refractivity contribution < 1.29 is 19.7 Å². The van der Waals surface area contributed by atoms with Crippen molar-refractivity contribution >= 4 is 28.8 Å². The van der Waals surface area contributed by atoms with Crippen molar-refractivity contribution in [1.82, 2.24) is 24.8 Å². The molecule has 1 saturated carbocycles. The van der Waals surface area contributed by atoms with Crippen molar-refractivity contribution in [2.24, 2.45) is 5.73 Å². The SMILES string of the molecule is CCNC(=O)C1OC(n2cnc3c(NCC(c4ccccc4)c4ccccc4)nc(NC4CCC(N)CC4)nc32)C(O)C1O. The van der Waals surface area contributed by atoms with E-state index in [4.69, 9.17) is 20.4 Å². The second-order valence-corrected chi connectivity index (χ2v) is 11.6. The Morgan fingerprint density at radius 1 is 1.00 bits per heavy atom. The van der Waals surface area contributed by atoms with Crippen LogP contribution in [0.15, 0.2) is 67.0 Å². The molecule has 0 radical (unpaired) electrons. The molecule has 2 aromatic heterocycles. The van der Waals surface area contributed by atoms with Gasteiger partial charge in [-0.3, -0.25) is 9.36 Å². The van der Waals surface area contributed by atoms with Crippen LogP contribution in [0.5, 0.6) is 0 Å². The van der Waals surface area contributed by atoms with Gasteiger partial charge in [0.25, 0.3) is 5.91 Å². The number of imidazole rings is 1. The lowest BCUT2D eigenvalue weighted by Gasteiger charge is -2.27. The standard InChI is InChI=1S/C32H40N8O4/c1-2-34-30(43)27-25(41)26(42)31(44-27)40-18-36-24-28(38-32(39-29(24)40)37-22-15-13-21(33)14-16-22)35-17-23(19-9-5-3-6-10-19)20-11-7-4-8-12-20/h3-12,18,21-23,25-27,31,41-42H,2,13-17,33H2,1H3,(H,34,43)(H2,35,37,38,39). The van der Waals surface area contributed by atoms with Crippen LogP contribution in [0.2, 0.25) is 0 Å². The molecule has 7 N–H and O–H groups in total. The first-order chi connectivity index (χ1) is 21.4. The van der Waals surface area contributed by atoms with Crippen LogP contribution >= 0.6 is 0 Å². The number of carbonyl (C=O) groups is 1. The molecule has 3 heterocycles. The van der Waals surface area contributed by atoms with E-state index in [9.17, 15) is 15.0 Å². The zero-order valence-corrected chi connectivity index (χ0v) is 24.7. The number of amides is 1. The summed E-state index contributed by atoms with van der Waals surface area (Å²) >= 11 is 0. The van der Waals surface area contributed by atoms with Crippen molar-refractivity contribution in [3.05, 3.63) is 78.1 Å². The molecule has 2 aliphatic rings. The van der Waals surface area contributed by atoms with Crippen molar-refractivity contribution in [3.63, 3.8) is 0 Å². The number of likely N-dealkylation sites (N-methyl/N-ethyl adjacent to an activating group) is 1. The van der Waals surface area contributed by atoms with Crippen LogP contribution in [0.1, 0.15) is 55.9 Å². The van der Waals surface area contributed by atoms with Gasteiger partial charge >= 0.3 is 0 Å². The van der Waals surface area contributed by atoms with Gasteiger partial charge in [-0.05, 0) is 43.7 Å². The number of rotatable bonds is 10. The highest BCUT2D eigenvalue weighted by atomic mass is 16.6. The van der Waals surface area contributed by atoms with Gasteiger partial charge < -0.3 is 36.6 Å². The molecule has 2 aromatic carbocycles. The minimum atomic E-state index is -1.41. The van der Waals surface area contributed by atoms with Gasteiger partial charge in [-0.1, -0.05) is 60.7 Å². The topological polar surface area (TPSA) is 172 Å². The number of nitrogens with one attached hydrogen (secondary N) is 3. The molecule has 2 fully saturated rings. The number of anilines is 2. The van der Waals surface area contributed by atoms with Crippen LogP contribution in [0.25, 0.3) is 11.2 Å². The first-order valence-corrected chi connectivity index (χ1v) is 15.3. The number of carbonyl (C=O) groups excluding carboxylic acids is 1. The Balaban J connectivity index is 1.34. The van der Waals surface area contributed by atoms with Crippen LogP contribution in [-0.4, -0.2) is 79.1 Å². The fraction of sp³-hybridized carbons (Fsp3) is 0.438. The molecule has 12 nitrogen and oxygen atoms in total. The van der Waals surface area contributed by atoms with E-state index in [0.29, 0.717) is 36.0 Å². The van der Waals surface area contributed by atoms with E-state index in [2.05, 4.69) is 45.2 Å². The summed E-state index contributed by atoms with van der Waals surface area (Å²) < 4.78 is 7.46. The van der Waals surface area contributed by atoms with Crippen LogP contribution < -0.4 is 21.7 Å². The lowest BCUT2D eigenvalue weighted by Crippen LogP contribution is -2.42. The largest absolute Gasteiger partial charge is 0.387 e. The van der Waals surface area contributed by atoms with Crippen molar-refractivity contribution in [2.45, 2.75) is 75.1 Å². The Bertz CT molecular complexity index is 1500. The first-order valence-electron chi connectivity index (χ1n) is 15.3. The van der Waals surface area contributed by atoms with Gasteiger partial charge in [-0.15, -0.1) is 0 Å². The molecule has 12 heteroatoms. The Morgan fingerprint density at radius 2 is 1.66 bits per heavy atom. The lowest BCUT2D eigenvalue weighted by atomic mass is 9.91. The normalized spacial score (nSPS) is 25.3. The van der Waals surface area contributed by atoms with Crippen molar-refractivity contribution in [2.75, 3.05) is 23.7 Å². The average Bonchev–Trinajstić information content (AvgIpc) is 3.59. The van der Waals surface area contributed by atoms with Crippen LogP contribution in [0, 0.1) is 0 Å². The van der Waals surface area contributed by atoms with Gasteiger partial charge in [-0.25, -0.2) is 4.98 Å². The number of fused-ring (bicyclic) bond motifs is 1. The number of aromatic nitrogens is 4. The maximum Gasteiger partial charge on any atom is 0.252 e. The van der Waals surface area contributed by atoms with E-state index < -0.39 is 30.4 Å². The summed E-state index contributed by atoms with van der Waals surface area (Å²) in [5.41, 5.74) is 9.34. The maximum atomic E-state index is 12.5. The Hall–Kier alpha value is -4.10. The number of hydrogen-bond acceptors (Lipinski definition) is 10. The second kappa shape index (κ2) is 13.3. The van der Waals surface area contributed by atoms with E-state index in [-0.39, 0.29) is 18.0 Å². The Kier molecular flexibility index (Phi) is 9.03. The summed E-state index contributed by atoms with van der Waals surface area (Å²) in [5, 5.41) is 31.3. The third-order valence-corrected chi connectivity index (χ3v) is 8.53. The molecule has 4 unspecified atom stereocenters. The lowest BCUT2D eigenvalue weighted by molar-refractivity contribution is -0.137. The molecule has 0 bridgehead atoms. The molecule has 4 aromatic rings. The molecule has 44 heavy (non-hydrogen) atoms. The van der Waals surface area contributed by atoms with Crippen LogP contribution in [0.4, 0.5) is 11.8 Å². The third-order valence-electron chi connectivity index (χ3n) is 8.53. The predicted octanol–water partition coefficient (Wildman–Crippen LogP) is 2.51. The molecule has 1 aliphatic heterocycles. The number of aliphatic hydroxyl groups excluding tert-OH is 2. The summed E-state index contributed by atoms with van der Waals surface area (Å²) in [7, 11) is 0. The highest BCUT2D eigenvalue weighted by molar-refractivity contribution is 5.85. The van der Waals surface area contributed by atoms with E-state index in [1.807, 2.05) is 36.4 Å². The fourth-order valence-electron chi connectivity index (χ4n) is 6.12. The van der Waals surface area contributed by atoms with Crippen molar-refractivity contribution in [1.29, 1.82) is 0 Å². The maximum absolute atomic E-state index is 12.5. The minimum Gasteiger partial charge on any atom is -0.387 e. The molecular weight excluding hydrogens is 560 g/mol. The van der Waals surface area contributed by atoms with E-state index in [1.165, 1.54) is 6.33 Å².